The molecule has 0 aliphatic carbocycles. The van der Waals surface area contributed by atoms with Gasteiger partial charge in [0, 0.05) is 5.56 Å². The second-order valence-corrected chi connectivity index (χ2v) is 6.49. The van der Waals surface area contributed by atoms with Crippen molar-refractivity contribution in [1.29, 1.82) is 0 Å². The lowest BCUT2D eigenvalue weighted by molar-refractivity contribution is -0.137. The van der Waals surface area contributed by atoms with E-state index in [1.54, 1.807) is 0 Å². The zero-order valence-corrected chi connectivity index (χ0v) is 15.4. The number of aromatic nitrogens is 2. The smallest absolute Gasteiger partial charge is 0.412 e. The largest absolute Gasteiger partial charge is 0.416 e. The van der Waals surface area contributed by atoms with Crippen LogP contribution in [0.1, 0.15) is 11.1 Å². The molecule has 0 spiro atoms. The summed E-state index contributed by atoms with van der Waals surface area (Å²) in [6.07, 6.45) is -4.46. The van der Waals surface area contributed by atoms with Crippen molar-refractivity contribution in [2.24, 2.45) is 0 Å². The number of nitrogens with zero attached hydrogens (tertiary/aromatic N) is 2. The van der Waals surface area contributed by atoms with Gasteiger partial charge in [-0.1, -0.05) is 23.9 Å². The number of alkyl halides is 3. The van der Waals surface area contributed by atoms with Crippen LogP contribution in [-0.4, -0.2) is 25.9 Å². The summed E-state index contributed by atoms with van der Waals surface area (Å²) in [7, 11) is 0. The summed E-state index contributed by atoms with van der Waals surface area (Å²) < 4.78 is 53.2. The van der Waals surface area contributed by atoms with Crippen LogP contribution in [0.3, 0.4) is 0 Å². The van der Waals surface area contributed by atoms with Gasteiger partial charge in [-0.15, -0.1) is 17.0 Å². The minimum absolute atomic E-state index is 0. The molecule has 1 atom stereocenters. The summed E-state index contributed by atoms with van der Waals surface area (Å²) in [5.74, 6) is -0.184. The molecule has 4 nitrogen and oxygen atoms in total. The first-order valence-electron chi connectivity index (χ1n) is 7.00. The van der Waals surface area contributed by atoms with E-state index in [9.17, 15) is 22.7 Å². The third-order valence-corrected chi connectivity index (χ3v) is 5.11. The number of hydrogen-bond acceptors (Lipinski definition) is 3. The van der Waals surface area contributed by atoms with Gasteiger partial charge in [0.2, 0.25) is 0 Å². The second kappa shape index (κ2) is 6.84. The highest BCUT2D eigenvalue weighted by molar-refractivity contribution is 8.93. The SMILES string of the molecule is Br.O.OC1(c2ccc(F)cc2)CSc2nc3cc(C(F)(F)F)ccc3n21. The van der Waals surface area contributed by atoms with E-state index < -0.39 is 23.3 Å². The molecule has 0 saturated carbocycles. The van der Waals surface area contributed by atoms with Gasteiger partial charge in [-0.2, -0.15) is 13.2 Å². The predicted octanol–water partition coefficient (Wildman–Crippen LogP) is 3.75. The fourth-order valence-electron chi connectivity index (χ4n) is 2.85. The Bertz CT molecular complexity index is 946. The molecule has 0 bridgehead atoms. The van der Waals surface area contributed by atoms with Crippen LogP contribution in [0.4, 0.5) is 17.6 Å². The maximum atomic E-state index is 13.1. The quantitative estimate of drug-likeness (QED) is 0.571. The first kappa shape index (κ1) is 20.7. The van der Waals surface area contributed by atoms with Crippen LogP contribution in [0, 0.1) is 5.82 Å². The minimum atomic E-state index is -4.46. The van der Waals surface area contributed by atoms with Crippen molar-refractivity contribution in [2.75, 3.05) is 5.75 Å². The molecule has 0 radical (unpaired) electrons. The highest BCUT2D eigenvalue weighted by Crippen LogP contribution is 2.43. The summed E-state index contributed by atoms with van der Waals surface area (Å²) in [6.45, 7) is 0. The van der Waals surface area contributed by atoms with Gasteiger partial charge in [0.1, 0.15) is 5.82 Å². The second-order valence-electron chi connectivity index (χ2n) is 5.54. The Morgan fingerprint density at radius 3 is 2.38 bits per heavy atom. The molecule has 10 heteroatoms. The van der Waals surface area contributed by atoms with Crippen molar-refractivity contribution in [2.45, 2.75) is 17.1 Å². The first-order chi connectivity index (χ1) is 11.3. The monoisotopic (exact) mass is 452 g/mol. The maximum absolute atomic E-state index is 13.1. The number of thioether (sulfide) groups is 1. The Hall–Kier alpha value is -1.62. The molecule has 1 aliphatic heterocycles. The van der Waals surface area contributed by atoms with Crippen molar-refractivity contribution >= 4 is 39.8 Å². The van der Waals surface area contributed by atoms with Crippen LogP contribution in [0.15, 0.2) is 47.6 Å². The molecule has 26 heavy (non-hydrogen) atoms. The Balaban J connectivity index is 0.00000121. The molecular formula is C16H13BrF4N2O2S. The number of fused-ring (bicyclic) bond motifs is 3. The lowest BCUT2D eigenvalue weighted by Crippen LogP contribution is -2.33. The Morgan fingerprint density at radius 2 is 1.77 bits per heavy atom. The van der Waals surface area contributed by atoms with E-state index in [4.69, 9.17) is 0 Å². The minimum Gasteiger partial charge on any atom is -0.412 e. The number of hydrogen-bond donors (Lipinski definition) is 1. The van der Waals surface area contributed by atoms with Crippen LogP contribution in [0.2, 0.25) is 0 Å². The fourth-order valence-corrected chi connectivity index (χ4v) is 4.02. The molecule has 3 aromatic rings. The summed E-state index contributed by atoms with van der Waals surface area (Å²) in [5.41, 5.74) is -1.26. The summed E-state index contributed by atoms with van der Waals surface area (Å²) in [4.78, 5) is 4.20. The topological polar surface area (TPSA) is 69.6 Å². The number of halogens is 5. The lowest BCUT2D eigenvalue weighted by Gasteiger charge is -2.25. The van der Waals surface area contributed by atoms with Gasteiger partial charge in [-0.05, 0) is 30.3 Å². The number of benzene rings is 2. The molecule has 1 unspecified atom stereocenters. The van der Waals surface area contributed by atoms with E-state index in [1.807, 2.05) is 0 Å². The molecule has 0 saturated heterocycles. The Morgan fingerprint density at radius 1 is 1.12 bits per heavy atom. The van der Waals surface area contributed by atoms with Crippen LogP contribution in [0.25, 0.3) is 11.0 Å². The van der Waals surface area contributed by atoms with Crippen LogP contribution >= 0.6 is 28.7 Å². The van der Waals surface area contributed by atoms with Gasteiger partial charge in [0.25, 0.3) is 0 Å². The molecule has 140 valence electrons. The van der Waals surface area contributed by atoms with E-state index in [0.29, 0.717) is 16.2 Å². The average Bonchev–Trinajstić information content (AvgIpc) is 3.05. The van der Waals surface area contributed by atoms with Crippen LogP contribution in [0.5, 0.6) is 0 Å². The molecule has 2 aromatic carbocycles. The summed E-state index contributed by atoms with van der Waals surface area (Å²) >= 11 is 1.24. The van der Waals surface area contributed by atoms with E-state index >= 15 is 0 Å². The van der Waals surface area contributed by atoms with E-state index in [1.165, 1.54) is 46.7 Å². The van der Waals surface area contributed by atoms with Crippen LogP contribution in [-0.2, 0) is 11.9 Å². The zero-order chi connectivity index (χ0) is 17.1. The first-order valence-corrected chi connectivity index (χ1v) is 7.99. The van der Waals surface area contributed by atoms with Crippen LogP contribution < -0.4 is 0 Å². The van der Waals surface area contributed by atoms with Gasteiger partial charge in [0.05, 0.1) is 22.3 Å². The highest BCUT2D eigenvalue weighted by Gasteiger charge is 2.41. The highest BCUT2D eigenvalue weighted by atomic mass is 79.9. The van der Waals surface area contributed by atoms with Crippen molar-refractivity contribution < 1.29 is 28.1 Å². The molecule has 0 fully saturated rings. The fraction of sp³-hybridized carbons (Fsp3) is 0.188. The van der Waals surface area contributed by atoms with Crippen molar-refractivity contribution in [3.8, 4) is 0 Å². The van der Waals surface area contributed by atoms with Gasteiger partial charge in [0.15, 0.2) is 10.9 Å². The molecular weight excluding hydrogens is 440 g/mol. The normalized spacial score (nSPS) is 19.0. The van der Waals surface area contributed by atoms with Crippen molar-refractivity contribution in [3.05, 3.63) is 59.4 Å². The lowest BCUT2D eigenvalue weighted by atomic mass is 10.0. The molecule has 1 aromatic heterocycles. The maximum Gasteiger partial charge on any atom is 0.416 e. The number of imidazole rings is 1. The average molecular weight is 453 g/mol. The molecule has 3 N–H and O–H groups in total. The van der Waals surface area contributed by atoms with Gasteiger partial charge in [-0.25, -0.2) is 9.37 Å². The third kappa shape index (κ3) is 3.11. The van der Waals surface area contributed by atoms with E-state index in [-0.39, 0.29) is 33.7 Å². The zero-order valence-electron chi connectivity index (χ0n) is 12.9. The molecule has 0 amide bonds. The third-order valence-electron chi connectivity index (χ3n) is 4.03. The van der Waals surface area contributed by atoms with E-state index in [0.717, 1.165) is 12.1 Å². The summed E-state index contributed by atoms with van der Waals surface area (Å²) in [6, 6.07) is 8.61. The standard InChI is InChI=1S/C16H10F4N2OS.BrH.H2O/c17-11-4-1-9(2-5-11)15(23)8-24-14-21-12-7-10(16(18,19)20)3-6-13(12)22(14)15;;/h1-7,23H,8H2;1H;1H2. The van der Waals surface area contributed by atoms with Gasteiger partial charge >= 0.3 is 6.18 Å². The van der Waals surface area contributed by atoms with Gasteiger partial charge in [-0.3, -0.25) is 4.57 Å². The Labute approximate surface area is 159 Å². The Kier molecular flexibility index (Phi) is 5.44. The predicted molar refractivity (Wildman–Crippen MR) is 95.1 cm³/mol. The van der Waals surface area contributed by atoms with Gasteiger partial charge < -0.3 is 10.6 Å². The number of aliphatic hydroxyl groups is 1. The summed E-state index contributed by atoms with van der Waals surface area (Å²) in [5, 5.41) is 11.5. The van der Waals surface area contributed by atoms with Crippen molar-refractivity contribution in [3.63, 3.8) is 0 Å². The molecule has 4 rings (SSSR count). The van der Waals surface area contributed by atoms with Crippen molar-refractivity contribution in [1.82, 2.24) is 9.55 Å². The van der Waals surface area contributed by atoms with E-state index in [2.05, 4.69) is 4.98 Å². The molecule has 1 aliphatic rings. The number of rotatable bonds is 1. The molecule has 2 heterocycles.